The normalized spacial score (nSPS) is 15.8. The van der Waals surface area contributed by atoms with Gasteiger partial charge in [-0.1, -0.05) is 41.4 Å². The van der Waals surface area contributed by atoms with Gasteiger partial charge in [0.2, 0.25) is 0 Å². The van der Waals surface area contributed by atoms with Crippen LogP contribution in [-0.2, 0) is 6.54 Å². The molecule has 3 aromatic carbocycles. The number of carbonyl (C=O) groups is 1. The van der Waals surface area contributed by atoms with Gasteiger partial charge in [-0.05, 0) is 91.9 Å². The number of nitrogens with one attached hydrogen (secondary N) is 1. The Kier molecular flexibility index (Phi) is 6.53. The van der Waals surface area contributed by atoms with E-state index in [0.29, 0.717) is 5.56 Å². The molecule has 6 rings (SSSR count). The zero-order valence-electron chi connectivity index (χ0n) is 20.3. The second kappa shape index (κ2) is 9.97. The van der Waals surface area contributed by atoms with Crippen LogP contribution in [0.25, 0.3) is 22.0 Å². The number of fused-ring (bicyclic) bond motifs is 1. The van der Waals surface area contributed by atoms with Gasteiger partial charge in [0.1, 0.15) is 0 Å². The standard InChI is InChI=1S/C30H27Cl2N3O2/c31-25-14-21(15-26(32)30(25)37)20-7-10-27-23(13-20)28(24(16-33-27)29(36)19-5-6-19)34-22-8-3-18(4-9-22)17-35-11-1-2-12-35/h3-4,7-10,13-16,19,37H,1-2,5-6,11-12,17H2,(H,33,34). The molecular weight excluding hydrogens is 505 g/mol. The quantitative estimate of drug-likeness (QED) is 0.237. The van der Waals surface area contributed by atoms with Crippen molar-refractivity contribution in [3.05, 3.63) is 82.0 Å². The number of likely N-dealkylation sites (tertiary alicyclic amines) is 1. The molecular formula is C30H27Cl2N3O2. The highest BCUT2D eigenvalue weighted by Crippen LogP contribution is 2.40. The number of hydrogen-bond donors (Lipinski definition) is 2. The maximum atomic E-state index is 13.2. The molecule has 4 aromatic rings. The molecule has 7 heteroatoms. The lowest BCUT2D eigenvalue weighted by Crippen LogP contribution is -2.18. The average Bonchev–Trinajstić information content (AvgIpc) is 3.64. The third kappa shape index (κ3) is 5.04. The van der Waals surface area contributed by atoms with Crippen LogP contribution in [0.15, 0.2) is 60.8 Å². The first-order valence-corrected chi connectivity index (χ1v) is 13.5. The zero-order valence-corrected chi connectivity index (χ0v) is 21.8. The Bertz CT molecular complexity index is 1470. The van der Waals surface area contributed by atoms with Crippen LogP contribution in [0, 0.1) is 5.92 Å². The molecule has 0 spiro atoms. The Hall–Kier alpha value is -3.12. The fraction of sp³-hybridized carbons (Fsp3) is 0.267. The van der Waals surface area contributed by atoms with Crippen molar-refractivity contribution in [3.63, 3.8) is 0 Å². The minimum absolute atomic E-state index is 0.0699. The van der Waals surface area contributed by atoms with Crippen molar-refractivity contribution < 1.29 is 9.90 Å². The SMILES string of the molecule is O=C(c1cnc2ccc(-c3cc(Cl)c(O)c(Cl)c3)cc2c1Nc1ccc(CN2CCCC2)cc1)C1CC1. The van der Waals surface area contributed by atoms with E-state index in [1.165, 1.54) is 18.4 Å². The first-order valence-electron chi connectivity index (χ1n) is 12.7. The molecule has 5 nitrogen and oxygen atoms in total. The fourth-order valence-corrected chi connectivity index (χ4v) is 5.52. The maximum absolute atomic E-state index is 13.2. The van der Waals surface area contributed by atoms with E-state index in [1.54, 1.807) is 18.3 Å². The van der Waals surface area contributed by atoms with Crippen LogP contribution in [0.1, 0.15) is 41.6 Å². The van der Waals surface area contributed by atoms with E-state index in [-0.39, 0.29) is 27.5 Å². The van der Waals surface area contributed by atoms with Crippen molar-refractivity contribution in [1.82, 2.24) is 9.88 Å². The van der Waals surface area contributed by atoms with Crippen LogP contribution in [0.2, 0.25) is 10.0 Å². The number of aromatic hydroxyl groups is 1. The fourth-order valence-electron chi connectivity index (χ4n) is 5.03. The summed E-state index contributed by atoms with van der Waals surface area (Å²) in [6.45, 7) is 3.29. The third-order valence-corrected chi connectivity index (χ3v) is 7.84. The van der Waals surface area contributed by atoms with Crippen molar-refractivity contribution in [1.29, 1.82) is 0 Å². The van der Waals surface area contributed by atoms with Crippen LogP contribution in [0.5, 0.6) is 5.75 Å². The van der Waals surface area contributed by atoms with Gasteiger partial charge in [-0.2, -0.15) is 0 Å². The van der Waals surface area contributed by atoms with Gasteiger partial charge in [-0.25, -0.2) is 0 Å². The predicted molar refractivity (Wildman–Crippen MR) is 150 cm³/mol. The average molecular weight is 532 g/mol. The number of phenols is 1. The Morgan fingerprint density at radius 2 is 1.68 bits per heavy atom. The van der Waals surface area contributed by atoms with Gasteiger partial charge in [0.15, 0.2) is 11.5 Å². The Balaban J connectivity index is 1.40. The molecule has 1 saturated heterocycles. The molecule has 0 bridgehead atoms. The zero-order chi connectivity index (χ0) is 25.5. The number of carbonyl (C=O) groups excluding carboxylic acids is 1. The third-order valence-electron chi connectivity index (χ3n) is 7.26. The minimum Gasteiger partial charge on any atom is -0.505 e. The Morgan fingerprint density at radius 3 is 2.35 bits per heavy atom. The number of anilines is 2. The molecule has 1 aliphatic heterocycles. The number of ketones is 1. The predicted octanol–water partition coefficient (Wildman–Crippen LogP) is 7.85. The largest absolute Gasteiger partial charge is 0.505 e. The monoisotopic (exact) mass is 531 g/mol. The van der Waals surface area contributed by atoms with Crippen LogP contribution >= 0.6 is 23.2 Å². The van der Waals surface area contributed by atoms with Gasteiger partial charge < -0.3 is 10.4 Å². The number of pyridine rings is 1. The minimum atomic E-state index is -0.137. The highest BCUT2D eigenvalue weighted by atomic mass is 35.5. The first kappa shape index (κ1) is 24.2. The van der Waals surface area contributed by atoms with Crippen molar-refractivity contribution in [2.45, 2.75) is 32.2 Å². The molecule has 1 aromatic heterocycles. The second-order valence-electron chi connectivity index (χ2n) is 10.0. The molecule has 37 heavy (non-hydrogen) atoms. The Labute approximate surface area is 226 Å². The topological polar surface area (TPSA) is 65.5 Å². The van der Waals surface area contributed by atoms with Gasteiger partial charge >= 0.3 is 0 Å². The molecule has 2 heterocycles. The summed E-state index contributed by atoms with van der Waals surface area (Å²) in [5, 5.41) is 14.7. The van der Waals surface area contributed by atoms with Gasteiger partial charge in [0.25, 0.3) is 0 Å². The van der Waals surface area contributed by atoms with E-state index in [9.17, 15) is 9.90 Å². The summed E-state index contributed by atoms with van der Waals surface area (Å²) >= 11 is 12.4. The number of aromatic nitrogens is 1. The molecule has 1 saturated carbocycles. The summed E-state index contributed by atoms with van der Waals surface area (Å²) < 4.78 is 0. The van der Waals surface area contributed by atoms with Crippen molar-refractivity contribution >= 4 is 51.3 Å². The summed E-state index contributed by atoms with van der Waals surface area (Å²) in [5.41, 5.74) is 5.97. The van der Waals surface area contributed by atoms with E-state index >= 15 is 0 Å². The van der Waals surface area contributed by atoms with Gasteiger partial charge in [-0.15, -0.1) is 0 Å². The molecule has 2 aliphatic rings. The Morgan fingerprint density at radius 1 is 0.973 bits per heavy atom. The van der Waals surface area contributed by atoms with E-state index < -0.39 is 0 Å². The summed E-state index contributed by atoms with van der Waals surface area (Å²) in [6, 6.07) is 17.7. The lowest BCUT2D eigenvalue weighted by molar-refractivity contribution is 0.0968. The lowest BCUT2D eigenvalue weighted by atomic mass is 9.98. The number of Topliss-reactive ketones (excluding diaryl/α,β-unsaturated/α-hetero) is 1. The molecule has 2 fully saturated rings. The summed E-state index contributed by atoms with van der Waals surface area (Å²) in [7, 11) is 0. The van der Waals surface area contributed by atoms with E-state index in [0.717, 1.165) is 65.9 Å². The van der Waals surface area contributed by atoms with Gasteiger partial charge in [0, 0.05) is 29.7 Å². The highest BCUT2D eigenvalue weighted by Gasteiger charge is 2.32. The molecule has 0 amide bonds. The number of hydrogen-bond acceptors (Lipinski definition) is 5. The van der Waals surface area contributed by atoms with Crippen LogP contribution in [0.4, 0.5) is 11.4 Å². The second-order valence-corrected chi connectivity index (χ2v) is 10.8. The van der Waals surface area contributed by atoms with E-state index in [4.69, 9.17) is 23.2 Å². The number of nitrogens with zero attached hydrogens (tertiary/aromatic N) is 2. The first-order chi connectivity index (χ1) is 18.0. The number of phenolic OH excluding ortho intramolecular Hbond substituents is 1. The number of benzene rings is 3. The summed E-state index contributed by atoms with van der Waals surface area (Å²) in [6.07, 6.45) is 6.09. The molecule has 0 unspecified atom stereocenters. The molecule has 0 radical (unpaired) electrons. The van der Waals surface area contributed by atoms with Gasteiger partial charge in [-0.3, -0.25) is 14.7 Å². The maximum Gasteiger partial charge on any atom is 0.169 e. The van der Waals surface area contributed by atoms with Crippen LogP contribution in [-0.4, -0.2) is 33.9 Å². The van der Waals surface area contributed by atoms with Crippen molar-refractivity contribution in [3.8, 4) is 16.9 Å². The summed E-state index contributed by atoms with van der Waals surface area (Å²) in [5.74, 6) is 0.0617. The van der Waals surface area contributed by atoms with Crippen molar-refractivity contribution in [2.75, 3.05) is 18.4 Å². The number of rotatable bonds is 7. The smallest absolute Gasteiger partial charge is 0.169 e. The molecule has 0 atom stereocenters. The molecule has 1 aliphatic carbocycles. The lowest BCUT2D eigenvalue weighted by Gasteiger charge is -2.17. The van der Waals surface area contributed by atoms with Crippen molar-refractivity contribution in [2.24, 2.45) is 5.92 Å². The van der Waals surface area contributed by atoms with Crippen LogP contribution < -0.4 is 5.32 Å². The van der Waals surface area contributed by atoms with E-state index in [2.05, 4.69) is 39.5 Å². The summed E-state index contributed by atoms with van der Waals surface area (Å²) in [4.78, 5) is 20.3. The van der Waals surface area contributed by atoms with E-state index in [1.807, 2.05) is 18.2 Å². The van der Waals surface area contributed by atoms with Gasteiger partial charge in [0.05, 0.1) is 26.8 Å². The molecule has 2 N–H and O–H groups in total. The highest BCUT2D eigenvalue weighted by molar-refractivity contribution is 6.37. The van der Waals surface area contributed by atoms with Crippen LogP contribution in [0.3, 0.4) is 0 Å². The number of halogens is 2. The molecule has 188 valence electrons.